The summed E-state index contributed by atoms with van der Waals surface area (Å²) in [6.45, 7) is 0. The third-order valence-electron chi connectivity index (χ3n) is 5.88. The number of amides is 2. The van der Waals surface area contributed by atoms with E-state index < -0.39 is 11.8 Å². The quantitative estimate of drug-likeness (QED) is 0.284. The van der Waals surface area contributed by atoms with Crippen molar-refractivity contribution < 1.29 is 9.90 Å². The zero-order chi connectivity index (χ0) is 23.0. The molecule has 0 aromatic heterocycles. The molecule has 4 aromatic rings. The van der Waals surface area contributed by atoms with Gasteiger partial charge in [0.2, 0.25) is 0 Å². The van der Waals surface area contributed by atoms with Crippen LogP contribution in [-0.2, 0) is 5.72 Å². The van der Waals surface area contributed by atoms with Crippen molar-refractivity contribution in [2.24, 2.45) is 0 Å². The van der Waals surface area contributed by atoms with Crippen LogP contribution in [0, 0.1) is 0 Å². The van der Waals surface area contributed by atoms with Gasteiger partial charge in [-0.05, 0) is 54.1 Å². The van der Waals surface area contributed by atoms with E-state index in [1.807, 2.05) is 109 Å². The van der Waals surface area contributed by atoms with Gasteiger partial charge in [-0.1, -0.05) is 92.5 Å². The third-order valence-corrected chi connectivity index (χ3v) is 6.94. The van der Waals surface area contributed by atoms with Crippen LogP contribution in [0.3, 0.4) is 0 Å². The molecule has 1 fully saturated rings. The first-order valence-corrected chi connectivity index (χ1v) is 12.1. The molecule has 1 saturated heterocycles. The van der Waals surface area contributed by atoms with Gasteiger partial charge in [-0.3, -0.25) is 9.80 Å². The number of hydrogen-bond acceptors (Lipinski definition) is 2. The molecular formula is C27H20Br2N2O2. The molecule has 4 nitrogen and oxygen atoms in total. The van der Waals surface area contributed by atoms with E-state index in [1.54, 1.807) is 4.90 Å². The van der Waals surface area contributed by atoms with E-state index in [-0.39, 0.29) is 6.03 Å². The average Bonchev–Trinajstić information content (AvgIpc) is 3.09. The second-order valence-electron chi connectivity index (χ2n) is 7.85. The molecule has 33 heavy (non-hydrogen) atoms. The Kier molecular flexibility index (Phi) is 5.83. The molecule has 0 aliphatic carbocycles. The minimum atomic E-state index is -1.65. The maximum atomic E-state index is 14.1. The highest BCUT2D eigenvalue weighted by Crippen LogP contribution is 2.51. The normalized spacial score (nSPS) is 20.3. The standard InChI is InChI=1S/C27H20Br2N2O2/c28-21-11-15-23(16-12-21)30-25(19-7-3-1-4-8-19)27(33,20-9-5-2-6-10-20)31(26(30)32)24-17-13-22(29)14-18-24/h1-18,25,33H/t25-,27?/m1/s1. The largest absolute Gasteiger partial charge is 0.364 e. The van der Waals surface area contributed by atoms with Crippen LogP contribution in [0.2, 0.25) is 0 Å². The summed E-state index contributed by atoms with van der Waals surface area (Å²) in [7, 11) is 0. The number of rotatable bonds is 4. The van der Waals surface area contributed by atoms with Crippen molar-refractivity contribution in [1.82, 2.24) is 0 Å². The third kappa shape index (κ3) is 3.78. The molecule has 1 N–H and O–H groups in total. The SMILES string of the molecule is O=C1N(c2ccc(Br)cc2)[C@H](c2ccccc2)C(O)(c2ccccc2)N1c1ccc(Br)cc1. The van der Waals surface area contributed by atoms with Crippen LogP contribution in [0.4, 0.5) is 16.2 Å². The molecule has 0 spiro atoms. The van der Waals surface area contributed by atoms with Crippen molar-refractivity contribution in [2.45, 2.75) is 11.8 Å². The Morgan fingerprint density at radius 1 is 0.667 bits per heavy atom. The molecule has 5 rings (SSSR count). The molecule has 1 aliphatic rings. The van der Waals surface area contributed by atoms with Crippen LogP contribution in [-0.4, -0.2) is 11.1 Å². The number of hydrogen-bond donors (Lipinski definition) is 1. The molecule has 0 saturated carbocycles. The smallest absolute Gasteiger partial charge is 0.332 e. The zero-order valence-electron chi connectivity index (χ0n) is 17.5. The second-order valence-corrected chi connectivity index (χ2v) is 9.68. The van der Waals surface area contributed by atoms with Crippen molar-refractivity contribution in [3.05, 3.63) is 129 Å². The number of carbonyl (C=O) groups is 1. The van der Waals surface area contributed by atoms with Crippen molar-refractivity contribution in [1.29, 1.82) is 0 Å². The van der Waals surface area contributed by atoms with Crippen molar-refractivity contribution >= 4 is 49.3 Å². The summed E-state index contributed by atoms with van der Waals surface area (Å²) in [5.74, 6) is 0. The summed E-state index contributed by atoms with van der Waals surface area (Å²) in [6.07, 6.45) is 0. The topological polar surface area (TPSA) is 43.8 Å². The van der Waals surface area contributed by atoms with Crippen molar-refractivity contribution in [3.63, 3.8) is 0 Å². The summed E-state index contributed by atoms with van der Waals surface area (Å²) in [6, 6.07) is 33.0. The monoisotopic (exact) mass is 562 g/mol. The maximum absolute atomic E-state index is 14.1. The Bertz CT molecular complexity index is 1270. The number of urea groups is 1. The molecular weight excluding hydrogens is 544 g/mol. The first-order chi connectivity index (χ1) is 16.0. The van der Waals surface area contributed by atoms with E-state index in [1.165, 1.54) is 4.90 Å². The zero-order valence-corrected chi connectivity index (χ0v) is 20.6. The van der Waals surface area contributed by atoms with Crippen molar-refractivity contribution in [2.75, 3.05) is 9.80 Å². The van der Waals surface area contributed by atoms with E-state index in [4.69, 9.17) is 0 Å². The average molecular weight is 564 g/mol. The highest BCUT2D eigenvalue weighted by Gasteiger charge is 2.59. The van der Waals surface area contributed by atoms with Gasteiger partial charge in [0.05, 0.1) is 0 Å². The molecule has 1 aliphatic heterocycles. The van der Waals surface area contributed by atoms with Crippen molar-refractivity contribution in [3.8, 4) is 0 Å². The molecule has 0 radical (unpaired) electrons. The van der Waals surface area contributed by atoms with Crippen LogP contribution in [0.5, 0.6) is 0 Å². The summed E-state index contributed by atoms with van der Waals surface area (Å²) in [4.78, 5) is 17.3. The first kappa shape index (κ1) is 21.9. The van der Waals surface area contributed by atoms with Crippen LogP contribution in [0.15, 0.2) is 118 Å². The fourth-order valence-electron chi connectivity index (χ4n) is 4.41. The van der Waals surface area contributed by atoms with Gasteiger partial charge in [-0.2, -0.15) is 0 Å². The fourth-order valence-corrected chi connectivity index (χ4v) is 4.94. The maximum Gasteiger partial charge on any atom is 0.332 e. The molecule has 0 bridgehead atoms. The minimum Gasteiger partial charge on any atom is -0.364 e. The first-order valence-electron chi connectivity index (χ1n) is 10.5. The highest BCUT2D eigenvalue weighted by atomic mass is 79.9. The van der Waals surface area contributed by atoms with E-state index in [0.717, 1.165) is 14.5 Å². The summed E-state index contributed by atoms with van der Waals surface area (Å²) in [5, 5.41) is 12.6. The van der Waals surface area contributed by atoms with Gasteiger partial charge in [-0.25, -0.2) is 4.79 Å². The van der Waals surface area contributed by atoms with E-state index in [0.29, 0.717) is 16.9 Å². The van der Waals surface area contributed by atoms with Crippen LogP contribution in [0.1, 0.15) is 17.2 Å². The number of anilines is 2. The lowest BCUT2D eigenvalue weighted by atomic mass is 9.88. The molecule has 164 valence electrons. The molecule has 2 atom stereocenters. The predicted molar refractivity (Wildman–Crippen MR) is 138 cm³/mol. The molecule has 4 aromatic carbocycles. The van der Waals surface area contributed by atoms with Crippen LogP contribution in [0.25, 0.3) is 0 Å². The Morgan fingerprint density at radius 2 is 1.15 bits per heavy atom. The minimum absolute atomic E-state index is 0.306. The summed E-state index contributed by atoms with van der Waals surface area (Å²) >= 11 is 6.94. The molecule has 6 heteroatoms. The van der Waals surface area contributed by atoms with Gasteiger partial charge >= 0.3 is 6.03 Å². The number of halogens is 2. The van der Waals surface area contributed by atoms with Gasteiger partial charge in [-0.15, -0.1) is 0 Å². The van der Waals surface area contributed by atoms with Crippen LogP contribution >= 0.6 is 31.9 Å². The molecule has 1 unspecified atom stereocenters. The molecule has 1 heterocycles. The number of carbonyl (C=O) groups excluding carboxylic acids is 1. The lowest BCUT2D eigenvalue weighted by molar-refractivity contribution is 0.0312. The Balaban J connectivity index is 1.79. The van der Waals surface area contributed by atoms with E-state index in [9.17, 15) is 9.90 Å². The van der Waals surface area contributed by atoms with E-state index in [2.05, 4.69) is 31.9 Å². The Labute approximate surface area is 209 Å². The van der Waals surface area contributed by atoms with Gasteiger partial charge in [0.25, 0.3) is 0 Å². The van der Waals surface area contributed by atoms with Gasteiger partial charge in [0, 0.05) is 25.9 Å². The summed E-state index contributed by atoms with van der Waals surface area (Å²) < 4.78 is 1.81. The van der Waals surface area contributed by atoms with Gasteiger partial charge in [0.1, 0.15) is 6.04 Å². The Morgan fingerprint density at radius 3 is 1.70 bits per heavy atom. The van der Waals surface area contributed by atoms with Crippen LogP contribution < -0.4 is 9.80 Å². The number of nitrogens with zero attached hydrogens (tertiary/aromatic N) is 2. The lowest BCUT2D eigenvalue weighted by Gasteiger charge is -2.37. The van der Waals surface area contributed by atoms with E-state index >= 15 is 0 Å². The Hall–Kier alpha value is -2.93. The highest BCUT2D eigenvalue weighted by molar-refractivity contribution is 9.10. The number of benzene rings is 4. The van der Waals surface area contributed by atoms with Gasteiger partial charge in [0.15, 0.2) is 5.72 Å². The van der Waals surface area contributed by atoms with Gasteiger partial charge < -0.3 is 5.11 Å². The summed E-state index contributed by atoms with van der Waals surface area (Å²) in [5.41, 5.74) is 1.12. The molecule has 2 amide bonds. The predicted octanol–water partition coefficient (Wildman–Crippen LogP) is 7.24. The number of aliphatic hydroxyl groups is 1. The second kappa shape index (κ2) is 8.78. The lowest BCUT2D eigenvalue weighted by Crippen LogP contribution is -2.46. The fraction of sp³-hybridized carbons (Fsp3) is 0.0741.